The quantitative estimate of drug-likeness (QED) is 0.688. The molecule has 1 nitrogen and oxygen atoms in total. The van der Waals surface area contributed by atoms with E-state index < -0.39 is 0 Å². The van der Waals surface area contributed by atoms with E-state index in [1.807, 2.05) is 18.2 Å². The van der Waals surface area contributed by atoms with Crippen LogP contribution < -0.4 is 0 Å². The summed E-state index contributed by atoms with van der Waals surface area (Å²) in [6, 6.07) is 12.2. The van der Waals surface area contributed by atoms with Gasteiger partial charge in [-0.2, -0.15) is 0 Å². The summed E-state index contributed by atoms with van der Waals surface area (Å²) >= 11 is 0. The van der Waals surface area contributed by atoms with Gasteiger partial charge in [0.2, 0.25) is 0 Å². The normalized spacial score (nSPS) is 10.5. The van der Waals surface area contributed by atoms with Crippen LogP contribution in [0.1, 0.15) is 29.3 Å². The minimum Gasteiger partial charge on any atom is -0.298 e. The number of aldehydes is 1. The van der Waals surface area contributed by atoms with Crippen molar-refractivity contribution in [3.8, 4) is 0 Å². The van der Waals surface area contributed by atoms with Gasteiger partial charge in [-0.15, -0.1) is 0 Å². The summed E-state index contributed by atoms with van der Waals surface area (Å²) in [6.07, 6.45) is 3.17. The van der Waals surface area contributed by atoms with Crippen LogP contribution in [-0.4, -0.2) is 6.29 Å². The fourth-order valence-corrected chi connectivity index (χ4v) is 1.91. The molecule has 15 heavy (non-hydrogen) atoms. The number of carbonyl (C=O) groups is 1. The first-order chi connectivity index (χ1) is 7.35. The lowest BCUT2D eigenvalue weighted by Gasteiger charge is -2.03. The highest BCUT2D eigenvalue weighted by atomic mass is 16.1. The van der Waals surface area contributed by atoms with Gasteiger partial charge in [-0.25, -0.2) is 0 Å². The van der Waals surface area contributed by atoms with E-state index in [1.54, 1.807) is 0 Å². The van der Waals surface area contributed by atoms with Crippen LogP contribution in [0.4, 0.5) is 0 Å². The molecule has 0 aromatic heterocycles. The average molecular weight is 198 g/mol. The molecule has 0 amide bonds. The number of hydrogen-bond acceptors (Lipinski definition) is 1. The highest BCUT2D eigenvalue weighted by Gasteiger charge is 2.00. The third-order valence-electron chi connectivity index (χ3n) is 2.64. The van der Waals surface area contributed by atoms with Crippen LogP contribution in [0.2, 0.25) is 0 Å². The van der Waals surface area contributed by atoms with Gasteiger partial charge in [-0.05, 0) is 22.8 Å². The fraction of sp³-hybridized carbons (Fsp3) is 0.214. The van der Waals surface area contributed by atoms with Gasteiger partial charge in [0.1, 0.15) is 0 Å². The van der Waals surface area contributed by atoms with Crippen molar-refractivity contribution in [3.05, 3.63) is 47.5 Å². The molecule has 0 N–H and O–H groups in total. The Morgan fingerprint density at radius 2 is 2.07 bits per heavy atom. The smallest absolute Gasteiger partial charge is 0.150 e. The summed E-state index contributed by atoms with van der Waals surface area (Å²) < 4.78 is 0. The monoisotopic (exact) mass is 198 g/mol. The highest BCUT2D eigenvalue weighted by Crippen LogP contribution is 2.19. The molecule has 0 saturated heterocycles. The zero-order valence-corrected chi connectivity index (χ0v) is 8.86. The second kappa shape index (κ2) is 4.26. The van der Waals surface area contributed by atoms with E-state index in [9.17, 15) is 4.79 Å². The molecule has 0 fully saturated rings. The zero-order chi connectivity index (χ0) is 10.7. The van der Waals surface area contributed by atoms with Crippen molar-refractivity contribution >= 4 is 17.1 Å². The number of carbonyl (C=O) groups excluding carboxylic acids is 1. The molecular formula is C14H14O. The molecule has 0 saturated carbocycles. The predicted octanol–water partition coefficient (Wildman–Crippen LogP) is 3.60. The van der Waals surface area contributed by atoms with E-state index in [0.717, 1.165) is 35.5 Å². The first-order valence-electron chi connectivity index (χ1n) is 5.32. The Balaban J connectivity index is 2.58. The number of rotatable bonds is 3. The Morgan fingerprint density at radius 1 is 1.20 bits per heavy atom. The van der Waals surface area contributed by atoms with Gasteiger partial charge in [-0.3, -0.25) is 4.79 Å². The molecule has 0 spiro atoms. The Labute approximate surface area is 89.7 Å². The number of aryl methyl sites for hydroxylation is 1. The molecule has 2 aromatic carbocycles. The van der Waals surface area contributed by atoms with Crippen molar-refractivity contribution in [1.29, 1.82) is 0 Å². The molecule has 0 radical (unpaired) electrons. The topological polar surface area (TPSA) is 17.1 Å². The molecule has 1 heteroatoms. The van der Waals surface area contributed by atoms with Crippen molar-refractivity contribution in [1.82, 2.24) is 0 Å². The summed E-state index contributed by atoms with van der Waals surface area (Å²) in [6.45, 7) is 2.17. The first-order valence-corrected chi connectivity index (χ1v) is 5.32. The van der Waals surface area contributed by atoms with Crippen LogP contribution in [0.25, 0.3) is 10.8 Å². The van der Waals surface area contributed by atoms with Crippen molar-refractivity contribution in [3.63, 3.8) is 0 Å². The highest BCUT2D eigenvalue weighted by molar-refractivity contribution is 5.98. The average Bonchev–Trinajstić information content (AvgIpc) is 2.28. The lowest BCUT2D eigenvalue weighted by Crippen LogP contribution is -1.86. The number of fused-ring (bicyclic) bond motifs is 1. The fourth-order valence-electron chi connectivity index (χ4n) is 1.91. The van der Waals surface area contributed by atoms with Gasteiger partial charge in [0.15, 0.2) is 6.29 Å². The van der Waals surface area contributed by atoms with E-state index in [2.05, 4.69) is 25.1 Å². The molecule has 0 aliphatic heterocycles. The SMILES string of the molecule is CCCc1ccc2c(C=O)cccc2c1. The molecule has 0 aliphatic carbocycles. The maximum Gasteiger partial charge on any atom is 0.150 e. The van der Waals surface area contributed by atoms with Crippen LogP contribution in [0, 0.1) is 0 Å². The molecule has 0 unspecified atom stereocenters. The third kappa shape index (κ3) is 1.91. The van der Waals surface area contributed by atoms with E-state index in [4.69, 9.17) is 0 Å². The number of hydrogen-bond donors (Lipinski definition) is 0. The van der Waals surface area contributed by atoms with Crippen molar-refractivity contribution in [2.75, 3.05) is 0 Å². The third-order valence-corrected chi connectivity index (χ3v) is 2.64. The lowest BCUT2D eigenvalue weighted by atomic mass is 10.0. The van der Waals surface area contributed by atoms with E-state index >= 15 is 0 Å². The summed E-state index contributed by atoms with van der Waals surface area (Å²) in [7, 11) is 0. The van der Waals surface area contributed by atoms with Crippen LogP contribution in [0.3, 0.4) is 0 Å². The lowest BCUT2D eigenvalue weighted by molar-refractivity contribution is 0.112. The van der Waals surface area contributed by atoms with E-state index in [-0.39, 0.29) is 0 Å². The van der Waals surface area contributed by atoms with Crippen molar-refractivity contribution in [2.45, 2.75) is 19.8 Å². The van der Waals surface area contributed by atoms with Gasteiger partial charge in [0.25, 0.3) is 0 Å². The standard InChI is InChI=1S/C14H14O/c1-2-4-11-7-8-14-12(9-11)5-3-6-13(14)10-15/h3,5-10H,2,4H2,1H3. The maximum absolute atomic E-state index is 10.8. The minimum absolute atomic E-state index is 0.774. The Morgan fingerprint density at radius 3 is 2.80 bits per heavy atom. The predicted molar refractivity (Wildman–Crippen MR) is 63.3 cm³/mol. The molecule has 0 heterocycles. The van der Waals surface area contributed by atoms with Gasteiger partial charge < -0.3 is 0 Å². The molecule has 2 rings (SSSR count). The second-order valence-electron chi connectivity index (χ2n) is 3.77. The Kier molecular flexibility index (Phi) is 2.82. The van der Waals surface area contributed by atoms with Crippen molar-refractivity contribution < 1.29 is 4.79 Å². The Hall–Kier alpha value is -1.63. The first kappa shape index (κ1) is 9.91. The zero-order valence-electron chi connectivity index (χ0n) is 8.86. The molecular weight excluding hydrogens is 184 g/mol. The van der Waals surface area contributed by atoms with Gasteiger partial charge in [0.05, 0.1) is 0 Å². The van der Waals surface area contributed by atoms with E-state index in [0.29, 0.717) is 0 Å². The number of benzene rings is 2. The van der Waals surface area contributed by atoms with Gasteiger partial charge in [0, 0.05) is 5.56 Å². The summed E-state index contributed by atoms with van der Waals surface area (Å²) in [5, 5.41) is 2.21. The molecule has 0 aliphatic rings. The summed E-state index contributed by atoms with van der Waals surface area (Å²) in [5.74, 6) is 0. The van der Waals surface area contributed by atoms with E-state index in [1.165, 1.54) is 5.56 Å². The molecule has 0 bridgehead atoms. The van der Waals surface area contributed by atoms with Crippen LogP contribution >= 0.6 is 0 Å². The Bertz CT molecular complexity index is 486. The van der Waals surface area contributed by atoms with Crippen LogP contribution in [0.5, 0.6) is 0 Å². The van der Waals surface area contributed by atoms with Crippen LogP contribution in [-0.2, 0) is 6.42 Å². The van der Waals surface area contributed by atoms with Crippen molar-refractivity contribution in [2.24, 2.45) is 0 Å². The maximum atomic E-state index is 10.8. The largest absolute Gasteiger partial charge is 0.298 e. The van der Waals surface area contributed by atoms with Gasteiger partial charge in [-0.1, -0.05) is 49.7 Å². The molecule has 2 aromatic rings. The van der Waals surface area contributed by atoms with Gasteiger partial charge >= 0.3 is 0 Å². The summed E-state index contributed by atoms with van der Waals surface area (Å²) in [4.78, 5) is 10.8. The molecule has 76 valence electrons. The van der Waals surface area contributed by atoms with Crippen LogP contribution in [0.15, 0.2) is 36.4 Å². The molecule has 0 atom stereocenters. The second-order valence-corrected chi connectivity index (χ2v) is 3.77. The summed E-state index contributed by atoms with van der Waals surface area (Å²) in [5.41, 5.74) is 2.11. The minimum atomic E-state index is 0.774.